The first-order valence-corrected chi connectivity index (χ1v) is 8.60. The minimum atomic E-state index is 0.793. The van der Waals surface area contributed by atoms with E-state index in [9.17, 15) is 0 Å². The van der Waals surface area contributed by atoms with Crippen LogP contribution in [0.4, 0.5) is 5.69 Å². The Morgan fingerprint density at radius 3 is 2.36 bits per heavy atom. The van der Waals surface area contributed by atoms with Crippen LogP contribution in [-0.4, -0.2) is 12.8 Å². The Balaban J connectivity index is 1.82. The molecule has 3 heteroatoms. The van der Waals surface area contributed by atoms with Gasteiger partial charge in [-0.05, 0) is 48.4 Å². The molecule has 0 amide bonds. The molecule has 0 aromatic heterocycles. The van der Waals surface area contributed by atoms with Crippen LogP contribution in [0.1, 0.15) is 38.2 Å². The molecule has 0 fully saturated rings. The van der Waals surface area contributed by atoms with Crippen LogP contribution in [0.5, 0.6) is 5.75 Å². The van der Waals surface area contributed by atoms with E-state index in [4.69, 9.17) is 4.74 Å². The summed E-state index contributed by atoms with van der Waals surface area (Å²) in [4.78, 5) is 4.47. The van der Waals surface area contributed by atoms with Crippen molar-refractivity contribution < 1.29 is 4.74 Å². The molecule has 0 radical (unpaired) electrons. The van der Waals surface area contributed by atoms with Gasteiger partial charge in [0.15, 0.2) is 0 Å². The number of benzene rings is 2. The Hall–Kier alpha value is -1.61. The Morgan fingerprint density at radius 1 is 0.955 bits per heavy atom. The van der Waals surface area contributed by atoms with Gasteiger partial charge in [0.05, 0.1) is 12.3 Å². The normalized spacial score (nSPS) is 11.0. The molecule has 2 aromatic carbocycles. The van der Waals surface area contributed by atoms with Crippen molar-refractivity contribution in [3.05, 3.63) is 58.6 Å². The lowest BCUT2D eigenvalue weighted by atomic mass is 10.2. The van der Waals surface area contributed by atoms with Gasteiger partial charge in [0.2, 0.25) is 0 Å². The van der Waals surface area contributed by atoms with E-state index < -0.39 is 0 Å². The van der Waals surface area contributed by atoms with E-state index in [1.807, 2.05) is 54.7 Å². The van der Waals surface area contributed by atoms with Crippen LogP contribution in [0.25, 0.3) is 0 Å². The summed E-state index contributed by atoms with van der Waals surface area (Å²) in [6.45, 7) is 3.01. The Kier molecular flexibility index (Phi) is 7.17. The van der Waals surface area contributed by atoms with Crippen molar-refractivity contribution in [3.63, 3.8) is 0 Å². The molecule has 0 saturated heterocycles. The van der Waals surface area contributed by atoms with E-state index in [1.165, 1.54) is 19.3 Å². The van der Waals surface area contributed by atoms with Crippen LogP contribution < -0.4 is 4.74 Å². The maximum atomic E-state index is 5.73. The van der Waals surface area contributed by atoms with Gasteiger partial charge in [0.25, 0.3) is 0 Å². The lowest BCUT2D eigenvalue weighted by Crippen LogP contribution is -1.96. The molecule has 0 unspecified atom stereocenters. The van der Waals surface area contributed by atoms with Crippen LogP contribution in [0, 0.1) is 0 Å². The second-order valence-corrected chi connectivity index (χ2v) is 6.13. The molecule has 0 heterocycles. The van der Waals surface area contributed by atoms with Gasteiger partial charge in [-0.2, -0.15) is 0 Å². The first-order chi connectivity index (χ1) is 10.8. The standard InChI is InChI=1S/C19H22BrNO/c1-2-3-4-5-14-22-19-12-10-18(11-13-19)21-15-16-6-8-17(20)9-7-16/h6-13,15H,2-5,14H2,1H3. The molecular weight excluding hydrogens is 338 g/mol. The predicted molar refractivity (Wildman–Crippen MR) is 97.5 cm³/mol. The van der Waals surface area contributed by atoms with Gasteiger partial charge in [0, 0.05) is 10.7 Å². The number of hydrogen-bond donors (Lipinski definition) is 0. The lowest BCUT2D eigenvalue weighted by molar-refractivity contribution is 0.305. The second kappa shape index (κ2) is 9.42. The molecule has 116 valence electrons. The van der Waals surface area contributed by atoms with Gasteiger partial charge >= 0.3 is 0 Å². The number of halogens is 1. The van der Waals surface area contributed by atoms with E-state index in [1.54, 1.807) is 0 Å². The van der Waals surface area contributed by atoms with Crippen LogP contribution in [0.2, 0.25) is 0 Å². The molecule has 0 bridgehead atoms. The average Bonchev–Trinajstić information content (AvgIpc) is 2.55. The number of rotatable bonds is 8. The molecule has 0 aliphatic heterocycles. The molecule has 0 spiro atoms. The topological polar surface area (TPSA) is 21.6 Å². The third-order valence-corrected chi connectivity index (χ3v) is 3.86. The fraction of sp³-hybridized carbons (Fsp3) is 0.316. The highest BCUT2D eigenvalue weighted by atomic mass is 79.9. The van der Waals surface area contributed by atoms with Gasteiger partial charge in [-0.25, -0.2) is 0 Å². The Morgan fingerprint density at radius 2 is 1.68 bits per heavy atom. The van der Waals surface area contributed by atoms with Crippen molar-refractivity contribution in [1.82, 2.24) is 0 Å². The zero-order valence-electron chi connectivity index (χ0n) is 13.0. The molecule has 0 N–H and O–H groups in total. The smallest absolute Gasteiger partial charge is 0.119 e. The van der Waals surface area contributed by atoms with E-state index in [-0.39, 0.29) is 0 Å². The molecule has 0 aliphatic rings. The minimum Gasteiger partial charge on any atom is -0.494 e. The number of ether oxygens (including phenoxy) is 1. The summed E-state index contributed by atoms with van der Waals surface area (Å²) in [5.74, 6) is 0.916. The highest BCUT2D eigenvalue weighted by Gasteiger charge is 1.95. The molecule has 0 saturated carbocycles. The first-order valence-electron chi connectivity index (χ1n) is 7.80. The second-order valence-electron chi connectivity index (χ2n) is 5.21. The van der Waals surface area contributed by atoms with Crippen LogP contribution >= 0.6 is 15.9 Å². The maximum absolute atomic E-state index is 5.73. The van der Waals surface area contributed by atoms with Gasteiger partial charge in [0.1, 0.15) is 5.75 Å². The van der Waals surface area contributed by atoms with Gasteiger partial charge in [-0.15, -0.1) is 0 Å². The number of hydrogen-bond acceptors (Lipinski definition) is 2. The summed E-state index contributed by atoms with van der Waals surface area (Å²) in [6.07, 6.45) is 6.77. The zero-order valence-corrected chi connectivity index (χ0v) is 14.6. The fourth-order valence-electron chi connectivity index (χ4n) is 2.05. The average molecular weight is 360 g/mol. The SMILES string of the molecule is CCCCCCOc1ccc(N=Cc2ccc(Br)cc2)cc1. The number of aliphatic imine (C=N–C) groups is 1. The van der Waals surface area contributed by atoms with Gasteiger partial charge in [-0.3, -0.25) is 4.99 Å². The van der Waals surface area contributed by atoms with Gasteiger partial charge < -0.3 is 4.74 Å². The third kappa shape index (κ3) is 6.02. The molecule has 2 nitrogen and oxygen atoms in total. The van der Waals surface area contributed by atoms with E-state index >= 15 is 0 Å². The van der Waals surface area contributed by atoms with E-state index in [0.717, 1.165) is 34.5 Å². The van der Waals surface area contributed by atoms with Gasteiger partial charge in [-0.1, -0.05) is 54.2 Å². The largest absolute Gasteiger partial charge is 0.494 e. The summed E-state index contributed by atoms with van der Waals surface area (Å²) in [6, 6.07) is 16.0. The summed E-state index contributed by atoms with van der Waals surface area (Å²) in [7, 11) is 0. The van der Waals surface area contributed by atoms with Crippen LogP contribution in [0.15, 0.2) is 58.0 Å². The first kappa shape index (κ1) is 16.8. The van der Waals surface area contributed by atoms with Crippen LogP contribution in [-0.2, 0) is 0 Å². The fourth-order valence-corrected chi connectivity index (χ4v) is 2.31. The van der Waals surface area contributed by atoms with E-state index in [2.05, 4.69) is 27.8 Å². The monoisotopic (exact) mass is 359 g/mol. The van der Waals surface area contributed by atoms with E-state index in [0.29, 0.717) is 0 Å². The van der Waals surface area contributed by atoms with Crippen molar-refractivity contribution in [2.24, 2.45) is 4.99 Å². The summed E-state index contributed by atoms with van der Waals surface area (Å²) in [5.41, 5.74) is 2.01. The van der Waals surface area contributed by atoms with Crippen molar-refractivity contribution >= 4 is 27.8 Å². The van der Waals surface area contributed by atoms with Crippen molar-refractivity contribution in [2.45, 2.75) is 32.6 Å². The molecule has 2 rings (SSSR count). The molecule has 0 aliphatic carbocycles. The molecular formula is C19H22BrNO. The zero-order chi connectivity index (χ0) is 15.6. The molecule has 0 atom stereocenters. The number of nitrogens with zero attached hydrogens (tertiary/aromatic N) is 1. The van der Waals surface area contributed by atoms with Crippen molar-refractivity contribution in [2.75, 3.05) is 6.61 Å². The maximum Gasteiger partial charge on any atom is 0.119 e. The van der Waals surface area contributed by atoms with Crippen molar-refractivity contribution in [3.8, 4) is 5.75 Å². The Bertz CT molecular complexity index is 575. The summed E-state index contributed by atoms with van der Waals surface area (Å²) >= 11 is 3.43. The lowest BCUT2D eigenvalue weighted by Gasteiger charge is -2.05. The third-order valence-electron chi connectivity index (χ3n) is 3.34. The highest BCUT2D eigenvalue weighted by Crippen LogP contribution is 2.19. The summed E-state index contributed by atoms with van der Waals surface area (Å²) < 4.78 is 6.80. The minimum absolute atomic E-state index is 0.793. The van der Waals surface area contributed by atoms with Crippen molar-refractivity contribution in [1.29, 1.82) is 0 Å². The Labute approximate surface area is 141 Å². The molecule has 22 heavy (non-hydrogen) atoms. The highest BCUT2D eigenvalue weighted by molar-refractivity contribution is 9.10. The summed E-state index contributed by atoms with van der Waals surface area (Å²) in [5, 5.41) is 0. The number of unbranched alkanes of at least 4 members (excludes halogenated alkanes) is 3. The molecule has 2 aromatic rings. The van der Waals surface area contributed by atoms with Crippen LogP contribution in [0.3, 0.4) is 0 Å². The quantitative estimate of drug-likeness (QED) is 0.408. The predicted octanol–water partition coefficient (Wildman–Crippen LogP) is 6.16.